The monoisotopic (exact) mass is 629 g/mol. The van der Waals surface area contributed by atoms with E-state index in [1.165, 1.54) is 44.5 Å². The third-order valence-corrected chi connectivity index (χ3v) is 11.4. The molecule has 0 saturated carbocycles. The second kappa shape index (κ2) is 11.9. The van der Waals surface area contributed by atoms with Crippen LogP contribution in [0.5, 0.6) is 0 Å². The van der Waals surface area contributed by atoms with Crippen molar-refractivity contribution in [1.82, 2.24) is 14.8 Å². The molecule has 2 amide bonds. The molecule has 1 aromatic heterocycles. The molecule has 5 heteroatoms. The maximum absolute atomic E-state index is 14.7. The SMILES string of the molecule is O=C(c1cncc(C(=O)N(C2Cc3ccccc3C2)C2Cc3ccccc3C2)c1)N(C1Cc2ccccc2C1)C1Cc2ccccc2C1. The van der Waals surface area contributed by atoms with Gasteiger partial charge in [0.25, 0.3) is 11.8 Å². The standard InChI is InChI=1S/C43H39N3O2/c47-42(45(38-18-28-9-1-2-10-29(28)19-38)39-20-30-11-3-4-12-31(30)21-39)36-17-37(27-44-26-36)43(48)46(40-22-32-13-5-6-14-33(32)23-40)41-24-34-15-7-8-16-35(34)25-41/h1-17,26-27,38-41H,18-25H2. The van der Waals surface area contributed by atoms with E-state index in [4.69, 9.17) is 0 Å². The first-order valence-electron chi connectivity index (χ1n) is 17.5. The van der Waals surface area contributed by atoms with E-state index in [0.29, 0.717) is 11.1 Å². The minimum atomic E-state index is -0.0270. The van der Waals surface area contributed by atoms with Crippen molar-refractivity contribution in [3.63, 3.8) is 0 Å². The van der Waals surface area contributed by atoms with Gasteiger partial charge in [-0.3, -0.25) is 14.6 Å². The molecule has 4 aliphatic rings. The van der Waals surface area contributed by atoms with Crippen molar-refractivity contribution < 1.29 is 9.59 Å². The molecule has 0 radical (unpaired) electrons. The van der Waals surface area contributed by atoms with Crippen LogP contribution in [-0.2, 0) is 51.4 Å². The lowest BCUT2D eigenvalue weighted by Crippen LogP contribution is -2.49. The highest BCUT2D eigenvalue weighted by Crippen LogP contribution is 2.35. The van der Waals surface area contributed by atoms with Gasteiger partial charge in [0, 0.05) is 36.6 Å². The van der Waals surface area contributed by atoms with Crippen molar-refractivity contribution in [1.29, 1.82) is 0 Å². The van der Waals surface area contributed by atoms with Gasteiger partial charge in [0.15, 0.2) is 0 Å². The molecule has 0 fully saturated rings. The van der Waals surface area contributed by atoms with Crippen LogP contribution in [0.25, 0.3) is 0 Å². The van der Waals surface area contributed by atoms with Crippen LogP contribution in [0, 0.1) is 0 Å². The van der Waals surface area contributed by atoms with Gasteiger partial charge in [0.05, 0.1) is 11.1 Å². The molecule has 5 aromatic rings. The van der Waals surface area contributed by atoms with E-state index in [1.54, 1.807) is 12.4 Å². The van der Waals surface area contributed by atoms with Crippen LogP contribution >= 0.6 is 0 Å². The summed E-state index contributed by atoms with van der Waals surface area (Å²) in [7, 11) is 0. The normalized spacial score (nSPS) is 17.2. The first-order chi connectivity index (χ1) is 23.6. The number of benzene rings is 4. The van der Waals surface area contributed by atoms with Gasteiger partial charge in [-0.05, 0) is 102 Å². The molecular formula is C43H39N3O2. The summed E-state index contributed by atoms with van der Waals surface area (Å²) in [6.07, 6.45) is 10.1. The van der Waals surface area contributed by atoms with Gasteiger partial charge in [-0.1, -0.05) is 97.1 Å². The number of aromatic nitrogens is 1. The molecule has 0 N–H and O–H groups in total. The average Bonchev–Trinajstić information content (AvgIpc) is 3.92. The van der Waals surface area contributed by atoms with Crippen molar-refractivity contribution >= 4 is 11.8 Å². The molecule has 48 heavy (non-hydrogen) atoms. The lowest BCUT2D eigenvalue weighted by Gasteiger charge is -2.36. The zero-order chi connectivity index (χ0) is 32.2. The number of carbonyl (C=O) groups excluding carboxylic acids is 2. The highest BCUT2D eigenvalue weighted by Gasteiger charge is 2.40. The Morgan fingerprint density at radius 3 is 0.875 bits per heavy atom. The Bertz CT molecular complexity index is 1700. The third-order valence-electron chi connectivity index (χ3n) is 11.4. The van der Waals surface area contributed by atoms with Crippen LogP contribution in [0.1, 0.15) is 65.2 Å². The lowest BCUT2D eigenvalue weighted by molar-refractivity contribution is 0.0587. The first kappa shape index (κ1) is 29.1. The summed E-state index contributed by atoms with van der Waals surface area (Å²) in [5.41, 5.74) is 11.6. The van der Waals surface area contributed by atoms with Crippen molar-refractivity contribution in [3.8, 4) is 0 Å². The van der Waals surface area contributed by atoms with E-state index in [0.717, 1.165) is 51.4 Å². The number of amides is 2. The van der Waals surface area contributed by atoms with Gasteiger partial charge in [0.1, 0.15) is 0 Å². The van der Waals surface area contributed by atoms with Gasteiger partial charge in [0.2, 0.25) is 0 Å². The summed E-state index contributed by atoms with van der Waals surface area (Å²) in [6, 6.07) is 36.4. The molecule has 1 heterocycles. The first-order valence-corrected chi connectivity index (χ1v) is 17.5. The Kier molecular flexibility index (Phi) is 7.22. The van der Waals surface area contributed by atoms with E-state index in [-0.39, 0.29) is 36.0 Å². The molecule has 238 valence electrons. The van der Waals surface area contributed by atoms with Crippen LogP contribution in [0.2, 0.25) is 0 Å². The molecule has 0 spiro atoms. The zero-order valence-corrected chi connectivity index (χ0v) is 27.1. The Hall–Kier alpha value is -5.03. The largest absolute Gasteiger partial charge is 0.331 e. The fraction of sp³-hybridized carbons (Fsp3) is 0.279. The van der Waals surface area contributed by atoms with Crippen molar-refractivity contribution in [2.45, 2.75) is 75.5 Å². The van der Waals surface area contributed by atoms with Crippen molar-refractivity contribution in [2.24, 2.45) is 0 Å². The van der Waals surface area contributed by atoms with Gasteiger partial charge in [-0.15, -0.1) is 0 Å². The molecule has 4 aromatic carbocycles. The van der Waals surface area contributed by atoms with Gasteiger partial charge >= 0.3 is 0 Å². The number of carbonyl (C=O) groups is 2. The molecule has 4 aliphatic carbocycles. The summed E-state index contributed by atoms with van der Waals surface area (Å²) in [5, 5.41) is 0. The zero-order valence-electron chi connectivity index (χ0n) is 27.1. The predicted octanol–water partition coefficient (Wildman–Crippen LogP) is 6.64. The fourth-order valence-electron chi connectivity index (χ4n) is 9.16. The number of fused-ring (bicyclic) bond motifs is 4. The highest BCUT2D eigenvalue weighted by atomic mass is 16.2. The van der Waals surface area contributed by atoms with Gasteiger partial charge < -0.3 is 9.80 Å². The third kappa shape index (κ3) is 5.13. The van der Waals surface area contributed by atoms with Crippen LogP contribution in [0.3, 0.4) is 0 Å². The number of hydrogen-bond donors (Lipinski definition) is 0. The van der Waals surface area contributed by atoms with Crippen molar-refractivity contribution in [3.05, 3.63) is 171 Å². The molecule has 9 rings (SSSR count). The smallest absolute Gasteiger partial charge is 0.255 e. The lowest BCUT2D eigenvalue weighted by atomic mass is 10.0. The van der Waals surface area contributed by atoms with Crippen LogP contribution < -0.4 is 0 Å². The second-order valence-electron chi connectivity index (χ2n) is 14.2. The number of nitrogens with zero attached hydrogens (tertiary/aromatic N) is 3. The Balaban J connectivity index is 1.04. The van der Waals surface area contributed by atoms with E-state index < -0.39 is 0 Å². The summed E-state index contributed by atoms with van der Waals surface area (Å²) in [5.74, 6) is -0.0540. The highest BCUT2D eigenvalue weighted by molar-refractivity contribution is 6.00. The molecule has 0 aliphatic heterocycles. The van der Waals surface area contributed by atoms with E-state index in [9.17, 15) is 9.59 Å². The van der Waals surface area contributed by atoms with E-state index in [1.807, 2.05) is 6.07 Å². The second-order valence-corrected chi connectivity index (χ2v) is 14.2. The Morgan fingerprint density at radius 1 is 0.417 bits per heavy atom. The van der Waals surface area contributed by atoms with Crippen molar-refractivity contribution in [2.75, 3.05) is 0 Å². The molecule has 0 bridgehead atoms. The number of pyridine rings is 1. The van der Waals surface area contributed by atoms with E-state index >= 15 is 0 Å². The minimum Gasteiger partial charge on any atom is -0.331 e. The van der Waals surface area contributed by atoms with E-state index in [2.05, 4.69) is 112 Å². The summed E-state index contributed by atoms with van der Waals surface area (Å²) in [4.78, 5) is 38.3. The molecule has 0 unspecified atom stereocenters. The summed E-state index contributed by atoms with van der Waals surface area (Å²) < 4.78 is 0. The van der Waals surface area contributed by atoms with Crippen LogP contribution in [-0.4, -0.2) is 50.8 Å². The predicted molar refractivity (Wildman–Crippen MR) is 187 cm³/mol. The topological polar surface area (TPSA) is 53.5 Å². The maximum atomic E-state index is 14.7. The average molecular weight is 630 g/mol. The van der Waals surface area contributed by atoms with Gasteiger partial charge in [-0.25, -0.2) is 0 Å². The maximum Gasteiger partial charge on any atom is 0.255 e. The molecule has 5 nitrogen and oxygen atoms in total. The molecule has 0 atom stereocenters. The number of hydrogen-bond acceptors (Lipinski definition) is 3. The Labute approximate surface area is 282 Å². The molecule has 0 saturated heterocycles. The van der Waals surface area contributed by atoms with Crippen LogP contribution in [0.4, 0.5) is 0 Å². The Morgan fingerprint density at radius 2 is 0.646 bits per heavy atom. The minimum absolute atomic E-state index is 0.0270. The fourth-order valence-corrected chi connectivity index (χ4v) is 9.16. The quantitative estimate of drug-likeness (QED) is 0.212. The summed E-state index contributed by atoms with van der Waals surface area (Å²) in [6.45, 7) is 0. The summed E-state index contributed by atoms with van der Waals surface area (Å²) >= 11 is 0. The number of rotatable bonds is 6. The van der Waals surface area contributed by atoms with Crippen LogP contribution in [0.15, 0.2) is 116 Å². The molecular weight excluding hydrogens is 590 g/mol. The van der Waals surface area contributed by atoms with Gasteiger partial charge in [-0.2, -0.15) is 0 Å².